The van der Waals surface area contributed by atoms with Crippen LogP contribution in [0.4, 0.5) is 5.69 Å². The summed E-state index contributed by atoms with van der Waals surface area (Å²) in [5, 5.41) is 5.83. The van der Waals surface area contributed by atoms with Crippen molar-refractivity contribution in [3.63, 3.8) is 0 Å². The van der Waals surface area contributed by atoms with Gasteiger partial charge in [0.05, 0.1) is 13.7 Å². The van der Waals surface area contributed by atoms with Gasteiger partial charge in [0, 0.05) is 11.8 Å². The number of carbonyl (C=O) groups excluding carboxylic acids is 1. The molecule has 5 nitrogen and oxygen atoms in total. The van der Waals surface area contributed by atoms with Crippen LogP contribution >= 0.6 is 12.2 Å². The van der Waals surface area contributed by atoms with Gasteiger partial charge < -0.3 is 14.8 Å². The number of benzene rings is 2. The van der Waals surface area contributed by atoms with Gasteiger partial charge in [-0.2, -0.15) is 0 Å². The van der Waals surface area contributed by atoms with Crippen LogP contribution in [0.3, 0.4) is 0 Å². The van der Waals surface area contributed by atoms with Crippen molar-refractivity contribution in [1.82, 2.24) is 5.32 Å². The SMILES string of the molecule is CCCCOc1ccc(NC(=S)NC(=O)C=Cc2ccc(OC)cc2)cc1. The summed E-state index contributed by atoms with van der Waals surface area (Å²) in [7, 11) is 1.61. The molecule has 0 aliphatic carbocycles. The molecule has 0 aliphatic heterocycles. The molecule has 27 heavy (non-hydrogen) atoms. The fourth-order valence-electron chi connectivity index (χ4n) is 2.17. The van der Waals surface area contributed by atoms with E-state index in [0.29, 0.717) is 6.61 Å². The van der Waals surface area contributed by atoms with Gasteiger partial charge in [-0.3, -0.25) is 10.1 Å². The molecule has 0 atom stereocenters. The molecule has 0 spiro atoms. The summed E-state index contributed by atoms with van der Waals surface area (Å²) in [6.45, 7) is 2.83. The zero-order chi connectivity index (χ0) is 19.5. The molecule has 0 bridgehead atoms. The fourth-order valence-corrected chi connectivity index (χ4v) is 2.39. The van der Waals surface area contributed by atoms with Gasteiger partial charge in [-0.15, -0.1) is 0 Å². The summed E-state index contributed by atoms with van der Waals surface area (Å²) in [6.07, 6.45) is 5.26. The van der Waals surface area contributed by atoms with Gasteiger partial charge >= 0.3 is 0 Å². The van der Waals surface area contributed by atoms with Crippen molar-refractivity contribution in [2.45, 2.75) is 19.8 Å². The maximum Gasteiger partial charge on any atom is 0.250 e. The number of hydrogen-bond acceptors (Lipinski definition) is 4. The minimum atomic E-state index is -0.303. The summed E-state index contributed by atoms with van der Waals surface area (Å²) in [5.74, 6) is 1.28. The summed E-state index contributed by atoms with van der Waals surface area (Å²) in [6, 6.07) is 14.8. The van der Waals surface area contributed by atoms with Gasteiger partial charge in [0.2, 0.25) is 5.91 Å². The second-order valence-corrected chi connectivity index (χ2v) is 6.18. The second kappa shape index (κ2) is 11.0. The van der Waals surface area contributed by atoms with Gasteiger partial charge in [0.15, 0.2) is 5.11 Å². The number of amides is 1. The van der Waals surface area contributed by atoms with E-state index in [2.05, 4.69) is 17.6 Å². The third-order valence-corrected chi connectivity index (χ3v) is 3.86. The maximum atomic E-state index is 12.0. The Morgan fingerprint density at radius 1 is 1.07 bits per heavy atom. The molecule has 0 saturated heterocycles. The molecule has 2 rings (SSSR count). The monoisotopic (exact) mass is 384 g/mol. The first kappa shape index (κ1) is 20.5. The first-order chi connectivity index (χ1) is 13.1. The normalized spacial score (nSPS) is 10.4. The quantitative estimate of drug-likeness (QED) is 0.401. The van der Waals surface area contributed by atoms with Crippen molar-refractivity contribution in [2.75, 3.05) is 19.0 Å². The highest BCUT2D eigenvalue weighted by molar-refractivity contribution is 7.80. The van der Waals surface area contributed by atoms with Crippen molar-refractivity contribution < 1.29 is 14.3 Å². The third-order valence-electron chi connectivity index (χ3n) is 3.66. The number of thiocarbonyl (C=S) groups is 1. The van der Waals surface area contributed by atoms with E-state index in [0.717, 1.165) is 35.6 Å². The molecule has 2 aromatic carbocycles. The Morgan fingerprint density at radius 2 is 1.74 bits per heavy atom. The Balaban J connectivity index is 1.80. The van der Waals surface area contributed by atoms with Crippen LogP contribution < -0.4 is 20.1 Å². The summed E-state index contributed by atoms with van der Waals surface area (Å²) in [4.78, 5) is 12.0. The molecule has 0 radical (unpaired) electrons. The lowest BCUT2D eigenvalue weighted by atomic mass is 10.2. The molecule has 1 amide bonds. The first-order valence-electron chi connectivity index (χ1n) is 8.77. The molecule has 2 aromatic rings. The van der Waals surface area contributed by atoms with Gasteiger partial charge in [-0.05, 0) is 66.7 Å². The number of rotatable bonds is 8. The molecular weight excluding hydrogens is 360 g/mol. The third kappa shape index (κ3) is 7.50. The average molecular weight is 385 g/mol. The molecular formula is C21H24N2O3S. The summed E-state index contributed by atoms with van der Waals surface area (Å²) in [5.41, 5.74) is 1.67. The van der Waals surface area contributed by atoms with Crippen molar-refractivity contribution in [2.24, 2.45) is 0 Å². The second-order valence-electron chi connectivity index (χ2n) is 5.78. The average Bonchev–Trinajstić information content (AvgIpc) is 2.68. The molecule has 0 heterocycles. The summed E-state index contributed by atoms with van der Waals surface area (Å²) >= 11 is 5.17. The van der Waals surface area contributed by atoms with Crippen LogP contribution in [-0.2, 0) is 4.79 Å². The van der Waals surface area contributed by atoms with Crippen LogP contribution in [0, 0.1) is 0 Å². The standard InChI is InChI=1S/C21H24N2O3S/c1-3-4-15-26-19-12-8-17(9-13-19)22-21(27)23-20(24)14-7-16-5-10-18(25-2)11-6-16/h5-14H,3-4,15H2,1-2H3,(H2,22,23,24,27). The van der Waals surface area contributed by atoms with Gasteiger partial charge in [0.25, 0.3) is 0 Å². The Morgan fingerprint density at radius 3 is 2.37 bits per heavy atom. The number of unbranched alkanes of at least 4 members (excludes halogenated alkanes) is 1. The van der Waals surface area contributed by atoms with Gasteiger partial charge in [-0.25, -0.2) is 0 Å². The van der Waals surface area contributed by atoms with E-state index in [1.54, 1.807) is 13.2 Å². The van der Waals surface area contributed by atoms with Crippen LogP contribution in [0.5, 0.6) is 11.5 Å². The van der Waals surface area contributed by atoms with E-state index in [1.165, 1.54) is 6.08 Å². The van der Waals surface area contributed by atoms with E-state index in [-0.39, 0.29) is 11.0 Å². The van der Waals surface area contributed by atoms with Gasteiger partial charge in [-0.1, -0.05) is 25.5 Å². The van der Waals surface area contributed by atoms with E-state index >= 15 is 0 Å². The largest absolute Gasteiger partial charge is 0.497 e. The Kier molecular flexibility index (Phi) is 8.32. The lowest BCUT2D eigenvalue weighted by Gasteiger charge is -2.09. The molecule has 142 valence electrons. The molecule has 0 aromatic heterocycles. The highest BCUT2D eigenvalue weighted by Crippen LogP contribution is 2.16. The smallest absolute Gasteiger partial charge is 0.250 e. The molecule has 0 saturated carbocycles. The zero-order valence-corrected chi connectivity index (χ0v) is 16.3. The lowest BCUT2D eigenvalue weighted by Crippen LogP contribution is -2.32. The fraction of sp³-hybridized carbons (Fsp3) is 0.238. The molecule has 2 N–H and O–H groups in total. The number of nitrogens with one attached hydrogen (secondary N) is 2. The summed E-state index contributed by atoms with van der Waals surface area (Å²) < 4.78 is 10.7. The Labute approximate surface area is 165 Å². The highest BCUT2D eigenvalue weighted by Gasteiger charge is 2.02. The van der Waals surface area contributed by atoms with Crippen LogP contribution in [0.2, 0.25) is 0 Å². The number of ether oxygens (including phenoxy) is 2. The lowest BCUT2D eigenvalue weighted by molar-refractivity contribution is -0.115. The molecule has 0 fully saturated rings. The molecule has 0 unspecified atom stereocenters. The first-order valence-corrected chi connectivity index (χ1v) is 9.18. The predicted molar refractivity (Wildman–Crippen MR) is 113 cm³/mol. The van der Waals surface area contributed by atoms with Gasteiger partial charge in [0.1, 0.15) is 11.5 Å². The van der Waals surface area contributed by atoms with Crippen LogP contribution in [0.25, 0.3) is 6.08 Å². The number of anilines is 1. The Bertz CT molecular complexity index is 771. The predicted octanol–water partition coefficient (Wildman–Crippen LogP) is 4.40. The number of hydrogen-bond donors (Lipinski definition) is 2. The van der Waals surface area contributed by atoms with Crippen molar-refractivity contribution in [3.05, 3.63) is 60.2 Å². The highest BCUT2D eigenvalue weighted by atomic mass is 32.1. The van der Waals surface area contributed by atoms with E-state index in [1.807, 2.05) is 48.5 Å². The van der Waals surface area contributed by atoms with Crippen LogP contribution in [0.1, 0.15) is 25.3 Å². The minimum absolute atomic E-state index is 0.235. The minimum Gasteiger partial charge on any atom is -0.497 e. The zero-order valence-electron chi connectivity index (χ0n) is 15.5. The van der Waals surface area contributed by atoms with E-state index in [9.17, 15) is 4.79 Å². The topological polar surface area (TPSA) is 59.6 Å². The van der Waals surface area contributed by atoms with E-state index in [4.69, 9.17) is 21.7 Å². The van der Waals surface area contributed by atoms with Crippen molar-refractivity contribution >= 4 is 35.0 Å². The van der Waals surface area contributed by atoms with Crippen molar-refractivity contribution in [1.29, 1.82) is 0 Å². The van der Waals surface area contributed by atoms with Crippen molar-refractivity contribution in [3.8, 4) is 11.5 Å². The molecule has 0 aliphatic rings. The Hall–Kier alpha value is -2.86. The van der Waals surface area contributed by atoms with E-state index < -0.39 is 0 Å². The number of carbonyl (C=O) groups is 1. The number of methoxy groups -OCH3 is 1. The van der Waals surface area contributed by atoms with Crippen LogP contribution in [0.15, 0.2) is 54.6 Å². The molecule has 6 heteroatoms. The maximum absolute atomic E-state index is 12.0. The van der Waals surface area contributed by atoms with Crippen LogP contribution in [-0.4, -0.2) is 24.7 Å².